The Morgan fingerprint density at radius 2 is 1.62 bits per heavy atom. The highest BCUT2D eigenvalue weighted by Gasteiger charge is 2.24. The van der Waals surface area contributed by atoms with Gasteiger partial charge in [0.1, 0.15) is 6.04 Å². The normalized spacial score (nSPS) is 15.1. The Labute approximate surface area is 125 Å². The highest BCUT2D eigenvalue weighted by atomic mass is 16.4. The molecule has 0 saturated carbocycles. The Morgan fingerprint density at radius 3 is 2.05 bits per heavy atom. The number of hydrogen-bond acceptors (Lipinski definition) is 3. The molecule has 0 bridgehead atoms. The molecule has 122 valence electrons. The fourth-order valence-corrected chi connectivity index (χ4v) is 1.95. The van der Waals surface area contributed by atoms with Crippen LogP contribution in [-0.4, -0.2) is 35.1 Å². The molecular weight excluding hydrogens is 274 g/mol. The van der Waals surface area contributed by atoms with Crippen LogP contribution in [0.1, 0.15) is 47.0 Å². The van der Waals surface area contributed by atoms with Crippen molar-refractivity contribution in [2.24, 2.45) is 17.6 Å². The van der Waals surface area contributed by atoms with E-state index in [9.17, 15) is 14.4 Å². The maximum absolute atomic E-state index is 12.1. The van der Waals surface area contributed by atoms with Crippen LogP contribution < -0.4 is 16.4 Å². The van der Waals surface area contributed by atoms with Crippen LogP contribution in [0.5, 0.6) is 0 Å². The van der Waals surface area contributed by atoms with Crippen molar-refractivity contribution in [3.05, 3.63) is 0 Å². The summed E-state index contributed by atoms with van der Waals surface area (Å²) in [6.45, 7) is 7.15. The molecule has 3 unspecified atom stereocenters. The number of carboxylic acids is 1. The number of urea groups is 1. The predicted octanol–water partition coefficient (Wildman–Crippen LogP) is 1.08. The van der Waals surface area contributed by atoms with Crippen molar-refractivity contribution in [2.75, 3.05) is 0 Å². The lowest BCUT2D eigenvalue weighted by molar-refractivity contribution is -0.141. The zero-order valence-electron chi connectivity index (χ0n) is 13.2. The average molecular weight is 301 g/mol. The fraction of sp³-hybridized carbons (Fsp3) is 0.786. The molecule has 5 N–H and O–H groups in total. The second-order valence-electron chi connectivity index (χ2n) is 5.81. The number of primary amides is 1. The summed E-state index contributed by atoms with van der Waals surface area (Å²) >= 11 is 0. The molecule has 0 fully saturated rings. The second-order valence-corrected chi connectivity index (χ2v) is 5.81. The number of hydrogen-bond donors (Lipinski definition) is 4. The van der Waals surface area contributed by atoms with Crippen molar-refractivity contribution in [2.45, 2.75) is 59.0 Å². The molecule has 0 radical (unpaired) electrons. The average Bonchev–Trinajstić information content (AvgIpc) is 2.34. The molecule has 7 nitrogen and oxygen atoms in total. The smallest absolute Gasteiger partial charge is 0.312 e. The molecule has 0 aromatic rings. The van der Waals surface area contributed by atoms with Crippen molar-refractivity contribution in [1.82, 2.24) is 10.6 Å². The second kappa shape index (κ2) is 9.20. The molecule has 0 spiro atoms. The first kappa shape index (κ1) is 19.2. The van der Waals surface area contributed by atoms with Crippen LogP contribution >= 0.6 is 0 Å². The predicted molar refractivity (Wildman–Crippen MR) is 79.6 cm³/mol. The van der Waals surface area contributed by atoms with Gasteiger partial charge < -0.3 is 21.5 Å². The number of carboxylic acid groups (broad SMARTS) is 1. The highest BCUT2D eigenvalue weighted by Crippen LogP contribution is 2.10. The van der Waals surface area contributed by atoms with Crippen LogP contribution in [0, 0.1) is 11.8 Å². The Hall–Kier alpha value is -1.79. The third-order valence-electron chi connectivity index (χ3n) is 3.33. The highest BCUT2D eigenvalue weighted by molar-refractivity contribution is 5.86. The number of amides is 3. The van der Waals surface area contributed by atoms with Gasteiger partial charge in [-0.3, -0.25) is 9.59 Å². The van der Waals surface area contributed by atoms with E-state index in [1.807, 2.05) is 20.8 Å². The molecule has 0 heterocycles. The first-order chi connectivity index (χ1) is 9.65. The third kappa shape index (κ3) is 8.16. The molecular formula is C14H27N3O4. The zero-order valence-corrected chi connectivity index (χ0v) is 13.2. The first-order valence-corrected chi connectivity index (χ1v) is 7.24. The SMILES string of the molecule is CC(CCCC(C)C(=O)O)NC(=O)C(NC(N)=O)C(C)C. The Kier molecular flexibility index (Phi) is 8.42. The van der Waals surface area contributed by atoms with Gasteiger partial charge in [-0.2, -0.15) is 0 Å². The zero-order chi connectivity index (χ0) is 16.6. The molecule has 0 aliphatic carbocycles. The quantitative estimate of drug-likeness (QED) is 0.509. The summed E-state index contributed by atoms with van der Waals surface area (Å²) in [6.07, 6.45) is 1.97. The molecule has 0 aromatic carbocycles. The van der Waals surface area contributed by atoms with Crippen LogP contribution in [0.3, 0.4) is 0 Å². The van der Waals surface area contributed by atoms with Gasteiger partial charge in [0.2, 0.25) is 5.91 Å². The van der Waals surface area contributed by atoms with E-state index in [0.717, 1.165) is 0 Å². The van der Waals surface area contributed by atoms with Gasteiger partial charge in [-0.05, 0) is 25.7 Å². The number of nitrogens with one attached hydrogen (secondary N) is 2. The Morgan fingerprint density at radius 1 is 1.05 bits per heavy atom. The van der Waals surface area contributed by atoms with E-state index < -0.39 is 18.0 Å². The summed E-state index contributed by atoms with van der Waals surface area (Å²) in [5.41, 5.74) is 5.06. The molecule has 0 saturated heterocycles. The van der Waals surface area contributed by atoms with Crippen LogP contribution in [0.4, 0.5) is 4.79 Å². The number of nitrogens with two attached hydrogens (primary N) is 1. The molecule has 0 aliphatic heterocycles. The minimum atomic E-state index is -0.808. The van der Waals surface area contributed by atoms with Gasteiger partial charge in [-0.15, -0.1) is 0 Å². The van der Waals surface area contributed by atoms with E-state index in [0.29, 0.717) is 19.3 Å². The van der Waals surface area contributed by atoms with Gasteiger partial charge in [0.05, 0.1) is 5.92 Å². The van der Waals surface area contributed by atoms with Gasteiger partial charge in [0, 0.05) is 6.04 Å². The fourth-order valence-electron chi connectivity index (χ4n) is 1.95. The molecule has 0 aromatic heterocycles. The van der Waals surface area contributed by atoms with Crippen molar-refractivity contribution in [3.63, 3.8) is 0 Å². The van der Waals surface area contributed by atoms with E-state index >= 15 is 0 Å². The minimum Gasteiger partial charge on any atom is -0.481 e. The summed E-state index contributed by atoms with van der Waals surface area (Å²) in [6, 6.07) is -1.48. The van der Waals surface area contributed by atoms with Crippen LogP contribution in [0.25, 0.3) is 0 Å². The number of aliphatic carboxylic acids is 1. The van der Waals surface area contributed by atoms with Crippen molar-refractivity contribution in [3.8, 4) is 0 Å². The summed E-state index contributed by atoms with van der Waals surface area (Å²) in [4.78, 5) is 33.6. The third-order valence-corrected chi connectivity index (χ3v) is 3.33. The monoisotopic (exact) mass is 301 g/mol. The largest absolute Gasteiger partial charge is 0.481 e. The van der Waals surface area contributed by atoms with E-state index in [2.05, 4.69) is 10.6 Å². The number of carbonyl (C=O) groups is 3. The Bertz CT molecular complexity index is 371. The molecule has 3 atom stereocenters. The molecule has 0 rings (SSSR count). The van der Waals surface area contributed by atoms with Crippen LogP contribution in [-0.2, 0) is 9.59 Å². The number of rotatable bonds is 9. The van der Waals surface area contributed by atoms with E-state index in [4.69, 9.17) is 10.8 Å². The molecule has 3 amide bonds. The lowest BCUT2D eigenvalue weighted by atomic mass is 10.0. The van der Waals surface area contributed by atoms with E-state index in [1.165, 1.54) is 0 Å². The van der Waals surface area contributed by atoms with Gasteiger partial charge in [0.25, 0.3) is 0 Å². The topological polar surface area (TPSA) is 122 Å². The van der Waals surface area contributed by atoms with Crippen molar-refractivity contribution < 1.29 is 19.5 Å². The van der Waals surface area contributed by atoms with Crippen molar-refractivity contribution in [1.29, 1.82) is 0 Å². The van der Waals surface area contributed by atoms with Crippen molar-refractivity contribution >= 4 is 17.9 Å². The molecule has 7 heteroatoms. The van der Waals surface area contributed by atoms with E-state index in [-0.39, 0.29) is 23.8 Å². The lowest BCUT2D eigenvalue weighted by Gasteiger charge is -2.23. The summed E-state index contributed by atoms with van der Waals surface area (Å²) in [7, 11) is 0. The minimum absolute atomic E-state index is 0.0725. The van der Waals surface area contributed by atoms with E-state index in [1.54, 1.807) is 6.92 Å². The lowest BCUT2D eigenvalue weighted by Crippen LogP contribution is -2.52. The van der Waals surface area contributed by atoms with Gasteiger partial charge in [-0.25, -0.2) is 4.79 Å². The Balaban J connectivity index is 4.23. The number of carbonyl (C=O) groups excluding carboxylic acids is 2. The van der Waals surface area contributed by atoms with Gasteiger partial charge in [0.15, 0.2) is 0 Å². The summed E-state index contributed by atoms with van der Waals surface area (Å²) in [5, 5.41) is 14.0. The first-order valence-electron chi connectivity index (χ1n) is 7.24. The van der Waals surface area contributed by atoms with Gasteiger partial charge >= 0.3 is 12.0 Å². The van der Waals surface area contributed by atoms with Crippen LogP contribution in [0.2, 0.25) is 0 Å². The molecule has 0 aliphatic rings. The maximum atomic E-state index is 12.1. The van der Waals surface area contributed by atoms with Crippen LogP contribution in [0.15, 0.2) is 0 Å². The summed E-state index contributed by atoms with van der Waals surface area (Å²) in [5.74, 6) is -1.54. The molecule has 21 heavy (non-hydrogen) atoms. The summed E-state index contributed by atoms with van der Waals surface area (Å²) < 4.78 is 0. The van der Waals surface area contributed by atoms with Gasteiger partial charge in [-0.1, -0.05) is 27.2 Å². The maximum Gasteiger partial charge on any atom is 0.312 e. The standard InChI is InChI=1S/C14H27N3O4/c1-8(2)11(17-14(15)21)12(18)16-10(4)7-5-6-9(3)13(19)20/h8-11H,5-7H2,1-4H3,(H,16,18)(H,19,20)(H3,15,17,21).